The lowest BCUT2D eigenvalue weighted by atomic mass is 10.1. The first-order valence-corrected chi connectivity index (χ1v) is 5.75. The third kappa shape index (κ3) is 4.50. The quantitative estimate of drug-likeness (QED) is 0.577. The molecule has 1 aromatic rings. The number of hydrogen-bond donors (Lipinski definition) is 3. The van der Waals surface area contributed by atoms with Crippen LogP contribution in [0.15, 0.2) is 18.2 Å². The molecule has 0 radical (unpaired) electrons. The van der Waals surface area contributed by atoms with Crippen LogP contribution in [0.4, 0.5) is 10.5 Å². The average molecular weight is 265 g/mol. The number of carbonyl (C=O) groups is 1. The molecule has 0 saturated heterocycles. The Bertz CT molecular complexity index is 492. The van der Waals surface area contributed by atoms with Crippen molar-refractivity contribution in [2.45, 2.75) is 26.4 Å². The van der Waals surface area contributed by atoms with Gasteiger partial charge in [-0.1, -0.05) is 0 Å². The summed E-state index contributed by atoms with van der Waals surface area (Å²) in [6.45, 7) is 5.35. The van der Waals surface area contributed by atoms with E-state index in [9.17, 15) is 4.79 Å². The van der Waals surface area contributed by atoms with Crippen molar-refractivity contribution in [1.82, 2.24) is 0 Å². The molecule has 0 spiro atoms. The monoisotopic (exact) mass is 265 g/mol. The molecule has 6 heteroatoms. The van der Waals surface area contributed by atoms with Crippen LogP contribution in [-0.4, -0.2) is 24.6 Å². The number of hydrogen-bond acceptors (Lipinski definition) is 4. The van der Waals surface area contributed by atoms with Gasteiger partial charge in [0.1, 0.15) is 17.2 Å². The van der Waals surface area contributed by atoms with Gasteiger partial charge in [-0.3, -0.25) is 10.7 Å². The van der Waals surface area contributed by atoms with Gasteiger partial charge in [-0.25, -0.2) is 4.79 Å². The summed E-state index contributed by atoms with van der Waals surface area (Å²) in [7, 11) is 1.47. The Morgan fingerprint density at radius 2 is 2.00 bits per heavy atom. The molecule has 19 heavy (non-hydrogen) atoms. The maximum atomic E-state index is 11.6. The van der Waals surface area contributed by atoms with Crippen molar-refractivity contribution in [1.29, 1.82) is 5.41 Å². The largest absolute Gasteiger partial charge is 0.496 e. The SMILES string of the molecule is COc1cc(NC(=O)OC(C)(C)C)ccc1C(=N)N. The molecule has 1 amide bonds. The second-order valence-electron chi connectivity index (χ2n) is 4.96. The summed E-state index contributed by atoms with van der Waals surface area (Å²) in [5.41, 5.74) is 5.83. The van der Waals surface area contributed by atoms with E-state index < -0.39 is 11.7 Å². The highest BCUT2D eigenvalue weighted by atomic mass is 16.6. The van der Waals surface area contributed by atoms with Gasteiger partial charge in [0.2, 0.25) is 0 Å². The third-order valence-electron chi connectivity index (χ3n) is 2.14. The first kappa shape index (κ1) is 14.8. The second kappa shape index (κ2) is 5.60. The van der Waals surface area contributed by atoms with E-state index in [1.807, 2.05) is 0 Å². The summed E-state index contributed by atoms with van der Waals surface area (Å²) >= 11 is 0. The van der Waals surface area contributed by atoms with E-state index in [0.717, 1.165) is 0 Å². The van der Waals surface area contributed by atoms with Gasteiger partial charge in [-0.15, -0.1) is 0 Å². The highest BCUT2D eigenvalue weighted by Gasteiger charge is 2.16. The maximum Gasteiger partial charge on any atom is 0.412 e. The van der Waals surface area contributed by atoms with E-state index in [-0.39, 0.29) is 5.84 Å². The minimum Gasteiger partial charge on any atom is -0.496 e. The van der Waals surface area contributed by atoms with Crippen LogP contribution in [0.2, 0.25) is 0 Å². The van der Waals surface area contributed by atoms with Crippen LogP contribution in [-0.2, 0) is 4.74 Å². The van der Waals surface area contributed by atoms with Gasteiger partial charge in [0, 0.05) is 11.8 Å². The van der Waals surface area contributed by atoms with Gasteiger partial charge < -0.3 is 15.2 Å². The molecule has 0 fully saturated rings. The Morgan fingerprint density at radius 1 is 1.37 bits per heavy atom. The van der Waals surface area contributed by atoms with E-state index in [2.05, 4.69) is 5.32 Å². The minimum absolute atomic E-state index is 0.0966. The number of rotatable bonds is 3. The standard InChI is InChI=1S/C13H19N3O3/c1-13(2,3)19-12(17)16-8-5-6-9(11(14)15)10(7-8)18-4/h5-7H,1-4H3,(H3,14,15)(H,16,17). The maximum absolute atomic E-state index is 11.6. The Kier molecular flexibility index (Phi) is 4.37. The molecule has 0 aliphatic heterocycles. The van der Waals surface area contributed by atoms with Gasteiger partial charge >= 0.3 is 6.09 Å². The molecule has 0 aliphatic carbocycles. The Labute approximate surface area is 112 Å². The van der Waals surface area contributed by atoms with Crippen molar-refractivity contribution in [2.24, 2.45) is 5.73 Å². The molecule has 0 aliphatic rings. The first-order chi connectivity index (χ1) is 8.73. The van der Waals surface area contributed by atoms with Crippen molar-refractivity contribution in [3.63, 3.8) is 0 Å². The molecule has 0 aromatic heterocycles. The topological polar surface area (TPSA) is 97.4 Å². The normalized spacial score (nSPS) is 10.7. The highest BCUT2D eigenvalue weighted by molar-refractivity contribution is 5.98. The molecule has 0 unspecified atom stereocenters. The summed E-state index contributed by atoms with van der Waals surface area (Å²) in [6, 6.07) is 4.82. The molecule has 0 heterocycles. The number of benzene rings is 1. The molecule has 0 atom stereocenters. The van der Waals surface area contributed by atoms with Crippen molar-refractivity contribution >= 4 is 17.6 Å². The first-order valence-electron chi connectivity index (χ1n) is 5.75. The lowest BCUT2D eigenvalue weighted by Gasteiger charge is -2.20. The van der Waals surface area contributed by atoms with E-state index in [1.165, 1.54) is 7.11 Å². The van der Waals surface area contributed by atoms with Crippen molar-refractivity contribution < 1.29 is 14.3 Å². The average Bonchev–Trinajstić information content (AvgIpc) is 2.25. The highest BCUT2D eigenvalue weighted by Crippen LogP contribution is 2.23. The number of carbonyl (C=O) groups excluding carboxylic acids is 1. The molecule has 0 saturated carbocycles. The lowest BCUT2D eigenvalue weighted by Crippen LogP contribution is -2.27. The van der Waals surface area contributed by atoms with Crippen molar-refractivity contribution in [3.8, 4) is 5.75 Å². The summed E-state index contributed by atoms with van der Waals surface area (Å²) < 4.78 is 10.3. The van der Waals surface area contributed by atoms with Crippen LogP contribution in [0.3, 0.4) is 0 Å². The summed E-state index contributed by atoms with van der Waals surface area (Å²) in [5, 5.41) is 9.98. The Hall–Kier alpha value is -2.24. The fraction of sp³-hybridized carbons (Fsp3) is 0.385. The second-order valence-corrected chi connectivity index (χ2v) is 4.96. The molecular formula is C13H19N3O3. The van der Waals surface area contributed by atoms with E-state index in [4.69, 9.17) is 20.6 Å². The molecule has 1 aromatic carbocycles. The van der Waals surface area contributed by atoms with E-state index in [1.54, 1.807) is 39.0 Å². The molecule has 4 N–H and O–H groups in total. The predicted octanol–water partition coefficient (Wildman–Crippen LogP) is 2.33. The zero-order chi connectivity index (χ0) is 14.6. The fourth-order valence-electron chi connectivity index (χ4n) is 1.41. The van der Waals surface area contributed by atoms with Gasteiger partial charge in [-0.2, -0.15) is 0 Å². The number of anilines is 1. The van der Waals surface area contributed by atoms with E-state index >= 15 is 0 Å². The van der Waals surface area contributed by atoms with Crippen LogP contribution in [0.1, 0.15) is 26.3 Å². The number of amidine groups is 1. The zero-order valence-electron chi connectivity index (χ0n) is 11.5. The van der Waals surface area contributed by atoms with Crippen LogP contribution in [0, 0.1) is 5.41 Å². The minimum atomic E-state index is -0.562. The van der Waals surface area contributed by atoms with Crippen molar-refractivity contribution in [2.75, 3.05) is 12.4 Å². The van der Waals surface area contributed by atoms with Crippen molar-refractivity contribution in [3.05, 3.63) is 23.8 Å². The molecule has 6 nitrogen and oxygen atoms in total. The Balaban J connectivity index is 2.86. The van der Waals surface area contributed by atoms with Crippen LogP contribution >= 0.6 is 0 Å². The molecule has 1 rings (SSSR count). The van der Waals surface area contributed by atoms with Gasteiger partial charge in [0.25, 0.3) is 0 Å². The Morgan fingerprint density at radius 3 is 2.47 bits per heavy atom. The number of nitrogen functional groups attached to an aromatic ring is 1. The van der Waals surface area contributed by atoms with Gasteiger partial charge in [0.15, 0.2) is 0 Å². The zero-order valence-corrected chi connectivity index (χ0v) is 11.5. The fourth-order valence-corrected chi connectivity index (χ4v) is 1.41. The number of amides is 1. The number of methoxy groups -OCH3 is 1. The van der Waals surface area contributed by atoms with Crippen LogP contribution < -0.4 is 15.8 Å². The smallest absolute Gasteiger partial charge is 0.412 e. The van der Waals surface area contributed by atoms with Gasteiger partial charge in [0.05, 0.1) is 12.7 Å². The summed E-state index contributed by atoms with van der Waals surface area (Å²) in [5.74, 6) is 0.321. The van der Waals surface area contributed by atoms with Gasteiger partial charge in [-0.05, 0) is 32.9 Å². The van der Waals surface area contributed by atoms with Crippen LogP contribution in [0.5, 0.6) is 5.75 Å². The lowest BCUT2D eigenvalue weighted by molar-refractivity contribution is 0.0636. The molecular weight excluding hydrogens is 246 g/mol. The number of nitrogens with one attached hydrogen (secondary N) is 2. The summed E-state index contributed by atoms with van der Waals surface area (Å²) in [4.78, 5) is 11.6. The number of nitrogens with two attached hydrogens (primary N) is 1. The third-order valence-corrected chi connectivity index (χ3v) is 2.14. The van der Waals surface area contributed by atoms with Crippen LogP contribution in [0.25, 0.3) is 0 Å². The molecule has 104 valence electrons. The predicted molar refractivity (Wildman–Crippen MR) is 73.9 cm³/mol. The molecule has 0 bridgehead atoms. The van der Waals surface area contributed by atoms with E-state index in [0.29, 0.717) is 17.0 Å². The number of ether oxygens (including phenoxy) is 2. The summed E-state index contributed by atoms with van der Waals surface area (Å²) in [6.07, 6.45) is -0.551.